The third kappa shape index (κ3) is 6.42. The summed E-state index contributed by atoms with van der Waals surface area (Å²) in [6.07, 6.45) is 0.981. The van der Waals surface area contributed by atoms with Gasteiger partial charge in [0, 0.05) is 20.2 Å². The zero-order chi connectivity index (χ0) is 17.0. The lowest BCUT2D eigenvalue weighted by atomic mass is 10.1. The third-order valence-electron chi connectivity index (χ3n) is 3.62. The minimum absolute atomic E-state index is 0.632. The second-order valence-electron chi connectivity index (χ2n) is 5.61. The van der Waals surface area contributed by atoms with Crippen molar-refractivity contribution in [3.8, 4) is 0 Å². The maximum absolute atomic E-state index is 5.18. The average Bonchev–Trinajstić information content (AvgIpc) is 2.61. The molecule has 0 saturated heterocycles. The van der Waals surface area contributed by atoms with E-state index in [0.29, 0.717) is 13.2 Å². The van der Waals surface area contributed by atoms with Crippen LogP contribution in [-0.2, 0) is 24.3 Å². The van der Waals surface area contributed by atoms with Gasteiger partial charge >= 0.3 is 0 Å². The van der Waals surface area contributed by atoms with Crippen molar-refractivity contribution < 1.29 is 4.74 Å². The monoisotopic (exact) mass is 325 g/mol. The highest BCUT2D eigenvalue weighted by Gasteiger charge is 1.99. The lowest BCUT2D eigenvalue weighted by molar-refractivity contribution is 0.185. The molecule has 0 radical (unpaired) electrons. The summed E-state index contributed by atoms with van der Waals surface area (Å²) in [4.78, 5) is 4.67. The van der Waals surface area contributed by atoms with Crippen LogP contribution in [0.5, 0.6) is 0 Å². The number of rotatable bonds is 8. The van der Waals surface area contributed by atoms with Gasteiger partial charge in [-0.05, 0) is 30.0 Å². The summed E-state index contributed by atoms with van der Waals surface area (Å²) in [5, 5.41) is 6.69. The lowest BCUT2D eigenvalue weighted by Gasteiger charge is -2.11. The van der Waals surface area contributed by atoms with Gasteiger partial charge in [0.15, 0.2) is 5.96 Å². The minimum atomic E-state index is 0.632. The van der Waals surface area contributed by atoms with Crippen molar-refractivity contribution in [1.29, 1.82) is 0 Å². The molecule has 0 saturated carbocycles. The number of nitrogens with zero attached hydrogens (tertiary/aromatic N) is 1. The first-order valence-electron chi connectivity index (χ1n) is 8.44. The number of benzene rings is 2. The molecule has 0 bridgehead atoms. The number of hydrogen-bond donors (Lipinski definition) is 2. The van der Waals surface area contributed by atoms with E-state index in [1.54, 1.807) is 7.11 Å². The molecule has 4 nitrogen and oxygen atoms in total. The van der Waals surface area contributed by atoms with Crippen LogP contribution in [0.15, 0.2) is 59.6 Å². The Balaban J connectivity index is 1.89. The number of hydrogen-bond acceptors (Lipinski definition) is 2. The quantitative estimate of drug-likeness (QED) is 0.579. The largest absolute Gasteiger partial charge is 0.380 e. The summed E-state index contributed by atoms with van der Waals surface area (Å²) in [5.74, 6) is 0.852. The molecule has 2 rings (SSSR count). The van der Waals surface area contributed by atoms with Crippen molar-refractivity contribution in [2.45, 2.75) is 26.5 Å². The molecule has 2 N–H and O–H groups in total. The number of aliphatic imine (C=N–C) groups is 1. The number of methoxy groups -OCH3 is 1. The van der Waals surface area contributed by atoms with E-state index in [4.69, 9.17) is 4.74 Å². The van der Waals surface area contributed by atoms with Crippen LogP contribution >= 0.6 is 0 Å². The zero-order valence-electron chi connectivity index (χ0n) is 14.6. The van der Waals surface area contributed by atoms with E-state index in [9.17, 15) is 0 Å². The van der Waals surface area contributed by atoms with Crippen molar-refractivity contribution in [2.75, 3.05) is 20.2 Å². The highest BCUT2D eigenvalue weighted by molar-refractivity contribution is 5.79. The van der Waals surface area contributed by atoms with E-state index in [0.717, 1.165) is 25.5 Å². The van der Waals surface area contributed by atoms with Gasteiger partial charge in [0.25, 0.3) is 0 Å². The van der Waals surface area contributed by atoms with E-state index >= 15 is 0 Å². The Morgan fingerprint density at radius 2 is 1.71 bits per heavy atom. The molecule has 128 valence electrons. The van der Waals surface area contributed by atoms with Crippen LogP contribution < -0.4 is 10.6 Å². The number of ether oxygens (including phenoxy) is 1. The maximum Gasteiger partial charge on any atom is 0.191 e. The summed E-state index contributed by atoms with van der Waals surface area (Å²) >= 11 is 0. The Labute approximate surface area is 145 Å². The molecule has 0 aliphatic heterocycles. The summed E-state index contributed by atoms with van der Waals surface area (Å²) in [6.45, 7) is 5.07. The molecule has 0 aliphatic rings. The van der Waals surface area contributed by atoms with Gasteiger partial charge in [0.05, 0.1) is 13.2 Å². The molecule has 2 aromatic rings. The highest BCUT2D eigenvalue weighted by Crippen LogP contribution is 2.07. The van der Waals surface area contributed by atoms with Crippen LogP contribution in [0, 0.1) is 0 Å². The van der Waals surface area contributed by atoms with Gasteiger partial charge in [0.1, 0.15) is 0 Å². The molecule has 2 aromatic carbocycles. The smallest absolute Gasteiger partial charge is 0.191 e. The Bertz CT molecular complexity index is 626. The van der Waals surface area contributed by atoms with Crippen LogP contribution in [0.1, 0.15) is 23.6 Å². The second-order valence-corrected chi connectivity index (χ2v) is 5.61. The average molecular weight is 325 g/mol. The molecule has 0 aliphatic carbocycles. The Morgan fingerprint density at radius 1 is 0.958 bits per heavy atom. The molecule has 4 heteroatoms. The Morgan fingerprint density at radius 3 is 2.46 bits per heavy atom. The molecule has 24 heavy (non-hydrogen) atoms. The molecule has 0 heterocycles. The summed E-state index contributed by atoms with van der Waals surface area (Å²) in [6, 6.07) is 18.8. The van der Waals surface area contributed by atoms with Gasteiger partial charge in [0.2, 0.25) is 0 Å². The van der Waals surface area contributed by atoms with Crippen molar-refractivity contribution in [3.63, 3.8) is 0 Å². The van der Waals surface area contributed by atoms with E-state index in [2.05, 4.69) is 71.1 Å². The topological polar surface area (TPSA) is 45.7 Å². The maximum atomic E-state index is 5.18. The van der Waals surface area contributed by atoms with Crippen molar-refractivity contribution in [1.82, 2.24) is 10.6 Å². The van der Waals surface area contributed by atoms with Gasteiger partial charge < -0.3 is 15.4 Å². The lowest BCUT2D eigenvalue weighted by Crippen LogP contribution is -2.38. The molecule has 0 spiro atoms. The zero-order valence-corrected chi connectivity index (χ0v) is 14.6. The molecule has 0 unspecified atom stereocenters. The SMILES string of the molecule is CCNC(=NCc1cccc(COC)c1)NCCc1ccccc1. The normalized spacial score (nSPS) is 11.3. The fraction of sp³-hybridized carbons (Fsp3) is 0.350. The van der Waals surface area contributed by atoms with Crippen molar-refractivity contribution >= 4 is 5.96 Å². The molecule has 0 aromatic heterocycles. The highest BCUT2D eigenvalue weighted by atomic mass is 16.5. The summed E-state index contributed by atoms with van der Waals surface area (Å²) in [5.41, 5.74) is 3.69. The Kier molecular flexibility index (Phi) is 7.84. The van der Waals surface area contributed by atoms with Gasteiger partial charge in [-0.1, -0.05) is 54.6 Å². The predicted octanol–water partition coefficient (Wildman–Crippen LogP) is 3.13. The van der Waals surface area contributed by atoms with Gasteiger partial charge in [-0.15, -0.1) is 0 Å². The number of nitrogens with one attached hydrogen (secondary N) is 2. The van der Waals surface area contributed by atoms with Crippen LogP contribution in [0.4, 0.5) is 0 Å². The van der Waals surface area contributed by atoms with E-state index in [1.165, 1.54) is 16.7 Å². The molecule has 0 fully saturated rings. The van der Waals surface area contributed by atoms with Crippen LogP contribution in [0.3, 0.4) is 0 Å². The van der Waals surface area contributed by atoms with Crippen molar-refractivity contribution in [3.05, 3.63) is 71.3 Å². The summed E-state index contributed by atoms with van der Waals surface area (Å²) < 4.78 is 5.18. The van der Waals surface area contributed by atoms with Crippen LogP contribution in [0.25, 0.3) is 0 Å². The van der Waals surface area contributed by atoms with E-state index in [1.807, 2.05) is 6.07 Å². The summed E-state index contributed by atoms with van der Waals surface area (Å²) in [7, 11) is 1.71. The fourth-order valence-corrected chi connectivity index (χ4v) is 2.47. The number of guanidine groups is 1. The van der Waals surface area contributed by atoms with Gasteiger partial charge in [-0.2, -0.15) is 0 Å². The first-order valence-corrected chi connectivity index (χ1v) is 8.44. The molecule has 0 atom stereocenters. The van der Waals surface area contributed by atoms with Gasteiger partial charge in [-0.3, -0.25) is 0 Å². The van der Waals surface area contributed by atoms with E-state index in [-0.39, 0.29) is 0 Å². The first-order chi connectivity index (χ1) is 11.8. The Hall–Kier alpha value is -2.33. The van der Waals surface area contributed by atoms with Gasteiger partial charge in [-0.25, -0.2) is 4.99 Å². The van der Waals surface area contributed by atoms with Crippen LogP contribution in [-0.4, -0.2) is 26.2 Å². The fourth-order valence-electron chi connectivity index (χ4n) is 2.47. The first kappa shape index (κ1) is 18.0. The van der Waals surface area contributed by atoms with Crippen molar-refractivity contribution in [2.24, 2.45) is 4.99 Å². The van der Waals surface area contributed by atoms with E-state index < -0.39 is 0 Å². The predicted molar refractivity (Wildman–Crippen MR) is 100 cm³/mol. The third-order valence-corrected chi connectivity index (χ3v) is 3.62. The minimum Gasteiger partial charge on any atom is -0.380 e. The van der Waals surface area contributed by atoms with Crippen LogP contribution in [0.2, 0.25) is 0 Å². The standard InChI is InChI=1S/C20H27N3O/c1-3-21-20(22-13-12-17-8-5-4-6-9-17)23-15-18-10-7-11-19(14-18)16-24-2/h4-11,14H,3,12-13,15-16H2,1-2H3,(H2,21,22,23). The second kappa shape index (κ2) is 10.4. The molecular formula is C20H27N3O. The molecular weight excluding hydrogens is 298 g/mol. The molecule has 0 amide bonds.